The quantitative estimate of drug-likeness (QED) is 0.787. The van der Waals surface area contributed by atoms with Gasteiger partial charge >= 0.3 is 0 Å². The highest BCUT2D eigenvalue weighted by Crippen LogP contribution is 2.24. The molecule has 0 fully saturated rings. The number of benzene rings is 1. The molecule has 1 unspecified atom stereocenters. The first kappa shape index (κ1) is 12.7. The number of aromatic nitrogens is 1. The van der Waals surface area contributed by atoms with Crippen LogP contribution in [0.2, 0.25) is 5.02 Å². The van der Waals surface area contributed by atoms with E-state index in [-0.39, 0.29) is 10.8 Å². The summed E-state index contributed by atoms with van der Waals surface area (Å²) in [5.41, 5.74) is 0.985. The molecule has 1 aromatic carbocycles. The highest BCUT2D eigenvalue weighted by Gasteiger charge is 2.20. The summed E-state index contributed by atoms with van der Waals surface area (Å²) < 4.78 is 12.9. The second kappa shape index (κ2) is 5.27. The van der Waals surface area contributed by atoms with Crippen LogP contribution in [-0.4, -0.2) is 10.8 Å². The summed E-state index contributed by atoms with van der Waals surface area (Å²) in [5.74, 6) is -1.03. The molecule has 0 N–H and O–H groups in total. The summed E-state index contributed by atoms with van der Waals surface area (Å²) in [6.07, 6.45) is 1.63. The van der Waals surface area contributed by atoms with Crippen molar-refractivity contribution in [1.29, 1.82) is 0 Å². The highest BCUT2D eigenvalue weighted by molar-refractivity contribution is 6.34. The average molecular weight is 264 g/mol. The van der Waals surface area contributed by atoms with Crippen molar-refractivity contribution in [2.75, 3.05) is 0 Å². The van der Waals surface area contributed by atoms with E-state index < -0.39 is 11.7 Å². The number of halogens is 2. The Bertz CT molecular complexity index is 571. The third kappa shape index (κ3) is 2.57. The third-order valence-corrected chi connectivity index (χ3v) is 3.03. The van der Waals surface area contributed by atoms with Crippen LogP contribution in [-0.2, 0) is 0 Å². The van der Waals surface area contributed by atoms with Gasteiger partial charge in [0.15, 0.2) is 5.78 Å². The standard InChI is InChI=1S/C14H11ClFNO/c1-9(13-4-2-3-7-17-13)14(18)11-6-5-10(16)8-12(11)15/h2-9H,1H3. The SMILES string of the molecule is CC(C(=O)c1ccc(F)cc1Cl)c1ccccn1. The largest absolute Gasteiger partial charge is 0.293 e. The van der Waals surface area contributed by atoms with Crippen LogP contribution >= 0.6 is 11.6 Å². The van der Waals surface area contributed by atoms with Crippen LogP contribution in [0.5, 0.6) is 0 Å². The molecule has 0 saturated carbocycles. The second-order valence-corrected chi connectivity index (χ2v) is 4.37. The molecule has 92 valence electrons. The molecule has 4 heteroatoms. The summed E-state index contributed by atoms with van der Waals surface area (Å²) in [6.45, 7) is 1.75. The first-order chi connectivity index (χ1) is 8.59. The number of rotatable bonds is 3. The number of ketones is 1. The van der Waals surface area contributed by atoms with Crippen molar-refractivity contribution in [1.82, 2.24) is 4.98 Å². The van der Waals surface area contributed by atoms with Crippen LogP contribution in [0.1, 0.15) is 28.9 Å². The smallest absolute Gasteiger partial charge is 0.173 e. The number of hydrogen-bond donors (Lipinski definition) is 0. The molecule has 1 heterocycles. The maximum atomic E-state index is 12.9. The Morgan fingerprint density at radius 3 is 2.72 bits per heavy atom. The average Bonchev–Trinajstić information content (AvgIpc) is 2.38. The maximum absolute atomic E-state index is 12.9. The summed E-state index contributed by atoms with van der Waals surface area (Å²) in [5, 5.41) is 0.128. The molecule has 2 nitrogen and oxygen atoms in total. The van der Waals surface area contributed by atoms with Crippen LogP contribution < -0.4 is 0 Å². The van der Waals surface area contributed by atoms with Crippen LogP contribution in [0.15, 0.2) is 42.6 Å². The van der Waals surface area contributed by atoms with Crippen molar-refractivity contribution in [2.24, 2.45) is 0 Å². The molecule has 1 atom stereocenters. The lowest BCUT2D eigenvalue weighted by atomic mass is 9.96. The Hall–Kier alpha value is -1.74. The van der Waals surface area contributed by atoms with Gasteiger partial charge in [-0.1, -0.05) is 17.7 Å². The van der Waals surface area contributed by atoms with Crippen molar-refractivity contribution in [3.8, 4) is 0 Å². The third-order valence-electron chi connectivity index (χ3n) is 2.72. The first-order valence-corrected chi connectivity index (χ1v) is 5.87. The molecule has 0 aliphatic carbocycles. The van der Waals surface area contributed by atoms with E-state index in [1.807, 2.05) is 6.07 Å². The summed E-state index contributed by atoms with van der Waals surface area (Å²) in [4.78, 5) is 16.4. The van der Waals surface area contributed by atoms with Gasteiger partial charge in [-0.3, -0.25) is 9.78 Å². The van der Waals surface area contributed by atoms with Gasteiger partial charge in [0, 0.05) is 11.8 Å². The molecular weight excluding hydrogens is 253 g/mol. The Labute approximate surface area is 109 Å². The lowest BCUT2D eigenvalue weighted by molar-refractivity contribution is 0.0964. The molecule has 0 aliphatic rings. The number of carbonyl (C=O) groups excluding carboxylic acids is 1. The molecule has 0 aliphatic heterocycles. The molecule has 0 spiro atoms. The van der Waals surface area contributed by atoms with E-state index in [1.54, 1.807) is 25.3 Å². The van der Waals surface area contributed by atoms with Gasteiger partial charge in [-0.2, -0.15) is 0 Å². The molecule has 0 radical (unpaired) electrons. The van der Waals surface area contributed by atoms with E-state index in [2.05, 4.69) is 4.98 Å². The number of carbonyl (C=O) groups is 1. The minimum Gasteiger partial charge on any atom is -0.293 e. The van der Waals surface area contributed by atoms with Crippen molar-refractivity contribution in [3.63, 3.8) is 0 Å². The predicted molar refractivity (Wildman–Crippen MR) is 68.4 cm³/mol. The van der Waals surface area contributed by atoms with Gasteiger partial charge in [0.2, 0.25) is 0 Å². The lowest BCUT2D eigenvalue weighted by Gasteiger charge is -2.10. The van der Waals surface area contributed by atoms with Gasteiger partial charge in [0.1, 0.15) is 5.82 Å². The van der Waals surface area contributed by atoms with Gasteiger partial charge in [-0.15, -0.1) is 0 Å². The molecule has 18 heavy (non-hydrogen) atoms. The summed E-state index contributed by atoms with van der Waals surface area (Å²) in [6, 6.07) is 9.15. The molecule has 0 amide bonds. The fraction of sp³-hybridized carbons (Fsp3) is 0.143. The molecule has 0 saturated heterocycles. The van der Waals surface area contributed by atoms with Crippen molar-refractivity contribution in [3.05, 3.63) is 64.7 Å². The maximum Gasteiger partial charge on any atom is 0.173 e. The van der Waals surface area contributed by atoms with Crippen molar-refractivity contribution < 1.29 is 9.18 Å². The van der Waals surface area contributed by atoms with E-state index in [1.165, 1.54) is 12.1 Å². The normalized spacial score (nSPS) is 12.2. The number of hydrogen-bond acceptors (Lipinski definition) is 2. The van der Waals surface area contributed by atoms with Gasteiger partial charge in [0.05, 0.1) is 16.6 Å². The van der Waals surface area contributed by atoms with Gasteiger partial charge < -0.3 is 0 Å². The van der Waals surface area contributed by atoms with E-state index in [0.717, 1.165) is 6.07 Å². The highest BCUT2D eigenvalue weighted by atomic mass is 35.5. The van der Waals surface area contributed by atoms with E-state index in [4.69, 9.17) is 11.6 Å². The number of Topliss-reactive ketones (excluding diaryl/α,β-unsaturated/α-hetero) is 1. The van der Waals surface area contributed by atoms with E-state index >= 15 is 0 Å². The molecular formula is C14H11ClFNO. The number of pyridine rings is 1. The topological polar surface area (TPSA) is 30.0 Å². The molecule has 0 bridgehead atoms. The van der Waals surface area contributed by atoms with Gasteiger partial charge in [-0.05, 0) is 37.3 Å². The van der Waals surface area contributed by atoms with E-state index in [9.17, 15) is 9.18 Å². The van der Waals surface area contributed by atoms with Gasteiger partial charge in [-0.25, -0.2) is 4.39 Å². The zero-order chi connectivity index (χ0) is 13.1. The predicted octanol–water partition coefficient (Wildman–Crippen LogP) is 3.86. The van der Waals surface area contributed by atoms with E-state index in [0.29, 0.717) is 11.3 Å². The zero-order valence-electron chi connectivity index (χ0n) is 9.73. The van der Waals surface area contributed by atoms with Crippen LogP contribution in [0.3, 0.4) is 0 Å². The lowest BCUT2D eigenvalue weighted by Crippen LogP contribution is -2.11. The minimum atomic E-state index is -0.456. The van der Waals surface area contributed by atoms with Crippen molar-refractivity contribution in [2.45, 2.75) is 12.8 Å². The molecule has 2 rings (SSSR count). The van der Waals surface area contributed by atoms with Crippen molar-refractivity contribution >= 4 is 17.4 Å². The summed E-state index contributed by atoms with van der Waals surface area (Å²) in [7, 11) is 0. The number of nitrogens with zero attached hydrogens (tertiary/aromatic N) is 1. The summed E-state index contributed by atoms with van der Waals surface area (Å²) >= 11 is 5.87. The minimum absolute atomic E-state index is 0.128. The van der Waals surface area contributed by atoms with Crippen LogP contribution in [0.4, 0.5) is 4.39 Å². The second-order valence-electron chi connectivity index (χ2n) is 3.96. The Morgan fingerprint density at radius 2 is 2.11 bits per heavy atom. The van der Waals surface area contributed by atoms with Crippen LogP contribution in [0, 0.1) is 5.82 Å². The van der Waals surface area contributed by atoms with Gasteiger partial charge in [0.25, 0.3) is 0 Å². The Kier molecular flexibility index (Phi) is 3.72. The fourth-order valence-electron chi connectivity index (χ4n) is 1.69. The fourth-order valence-corrected chi connectivity index (χ4v) is 1.95. The first-order valence-electron chi connectivity index (χ1n) is 5.50. The molecule has 1 aromatic heterocycles. The Morgan fingerprint density at radius 1 is 1.33 bits per heavy atom. The zero-order valence-corrected chi connectivity index (χ0v) is 10.5. The Balaban J connectivity index is 2.32. The monoisotopic (exact) mass is 263 g/mol. The van der Waals surface area contributed by atoms with Crippen LogP contribution in [0.25, 0.3) is 0 Å². The molecule has 2 aromatic rings.